The van der Waals surface area contributed by atoms with Crippen LogP contribution >= 0.6 is 11.8 Å². The number of hydrogen-bond acceptors (Lipinski definition) is 4. The van der Waals surface area contributed by atoms with E-state index in [1.807, 2.05) is 6.92 Å². The first-order valence-corrected chi connectivity index (χ1v) is 10.4. The third-order valence-electron chi connectivity index (χ3n) is 4.51. The van der Waals surface area contributed by atoms with Crippen molar-refractivity contribution < 1.29 is 0 Å². The van der Waals surface area contributed by atoms with Crippen LogP contribution in [0.5, 0.6) is 0 Å². The van der Waals surface area contributed by atoms with Crippen molar-refractivity contribution in [3.05, 3.63) is 17.1 Å². The van der Waals surface area contributed by atoms with E-state index in [1.165, 1.54) is 48.3 Å². The lowest BCUT2D eigenvalue weighted by molar-refractivity contribution is 0.613. The summed E-state index contributed by atoms with van der Waals surface area (Å²) in [6.45, 7) is 9.66. The molecule has 2 rings (SSSR count). The van der Waals surface area contributed by atoms with E-state index in [4.69, 9.17) is 10.7 Å². The Balaban J connectivity index is 2.13. The van der Waals surface area contributed by atoms with Crippen LogP contribution in [-0.4, -0.2) is 26.0 Å². The molecule has 2 heterocycles. The van der Waals surface area contributed by atoms with Gasteiger partial charge in [-0.2, -0.15) is 11.8 Å². The predicted octanol–water partition coefficient (Wildman–Crippen LogP) is 4.90. The van der Waals surface area contributed by atoms with E-state index < -0.39 is 0 Å². The molecule has 0 amide bonds. The summed E-state index contributed by atoms with van der Waals surface area (Å²) in [7, 11) is 0. The molecule has 0 spiro atoms. The molecule has 24 heavy (non-hydrogen) atoms. The first-order valence-electron chi connectivity index (χ1n) is 9.29. The summed E-state index contributed by atoms with van der Waals surface area (Å²) < 4.78 is 2.40. The van der Waals surface area contributed by atoms with Crippen molar-refractivity contribution >= 4 is 28.6 Å². The lowest BCUT2D eigenvalue weighted by Gasteiger charge is -2.11. The maximum Gasteiger partial charge on any atom is 0.151 e. The molecule has 0 aliphatic carbocycles. The molecule has 4 nitrogen and oxygen atoms in total. The number of nitrogen functional groups attached to an aromatic ring is 1. The summed E-state index contributed by atoms with van der Waals surface area (Å²) in [6, 6.07) is 0. The number of pyridine rings is 1. The van der Waals surface area contributed by atoms with Crippen LogP contribution in [0.15, 0.2) is 0 Å². The number of aryl methyl sites for hydroxylation is 4. The molecular weight excluding hydrogens is 316 g/mol. The lowest BCUT2D eigenvalue weighted by atomic mass is 10.2. The minimum atomic E-state index is 0.569. The van der Waals surface area contributed by atoms with Gasteiger partial charge in [0.1, 0.15) is 11.3 Å². The second-order valence-corrected chi connectivity index (χ2v) is 7.73. The number of nitrogens with zero attached hydrogens (tertiary/aromatic N) is 3. The number of anilines is 1. The highest BCUT2D eigenvalue weighted by atomic mass is 32.2. The monoisotopic (exact) mass is 348 g/mol. The van der Waals surface area contributed by atoms with Crippen LogP contribution in [0.3, 0.4) is 0 Å². The maximum atomic E-state index is 6.14. The summed E-state index contributed by atoms with van der Waals surface area (Å²) in [6.07, 6.45) is 7.18. The lowest BCUT2D eigenvalue weighted by Crippen LogP contribution is -2.06. The first-order chi connectivity index (χ1) is 11.6. The van der Waals surface area contributed by atoms with Crippen LogP contribution in [0.1, 0.15) is 63.0 Å². The number of imidazole rings is 1. The molecule has 5 heteroatoms. The van der Waals surface area contributed by atoms with Gasteiger partial charge in [0.25, 0.3) is 0 Å². The molecule has 0 bridgehead atoms. The minimum Gasteiger partial charge on any atom is -0.382 e. The highest BCUT2D eigenvalue weighted by Gasteiger charge is 2.16. The summed E-state index contributed by atoms with van der Waals surface area (Å²) >= 11 is 2.09. The molecule has 0 fully saturated rings. The number of aromatic nitrogens is 3. The molecule has 2 aromatic heterocycles. The number of unbranched alkanes of at least 4 members (excludes halogenated alkanes) is 2. The van der Waals surface area contributed by atoms with E-state index in [-0.39, 0.29) is 0 Å². The molecule has 0 saturated carbocycles. The number of fused-ring (bicyclic) bond motifs is 1. The van der Waals surface area contributed by atoms with Gasteiger partial charge in [0.15, 0.2) is 5.82 Å². The van der Waals surface area contributed by atoms with E-state index in [0.717, 1.165) is 36.4 Å². The van der Waals surface area contributed by atoms with Crippen LogP contribution in [-0.2, 0) is 13.0 Å². The highest BCUT2D eigenvalue weighted by Crippen LogP contribution is 2.27. The second kappa shape index (κ2) is 9.30. The molecule has 0 aliphatic heterocycles. The highest BCUT2D eigenvalue weighted by molar-refractivity contribution is 7.99. The molecule has 2 N–H and O–H groups in total. The zero-order chi connectivity index (χ0) is 17.5. The standard InChI is InChI=1S/C19H32N4S/c1-5-7-12-24-13-9-8-11-23-16(10-6-2)22-17-18(23)14(3)15(4)21-19(17)20/h5-13H2,1-4H3,(H2,20,21). The van der Waals surface area contributed by atoms with Crippen molar-refractivity contribution in [1.29, 1.82) is 0 Å². The largest absolute Gasteiger partial charge is 0.382 e. The van der Waals surface area contributed by atoms with Gasteiger partial charge in [-0.15, -0.1) is 0 Å². The van der Waals surface area contributed by atoms with Gasteiger partial charge in [-0.1, -0.05) is 20.3 Å². The Kier molecular flexibility index (Phi) is 7.40. The molecule has 0 saturated heterocycles. The summed E-state index contributed by atoms with van der Waals surface area (Å²) in [4.78, 5) is 9.27. The number of hydrogen-bond donors (Lipinski definition) is 1. The molecule has 2 aromatic rings. The second-order valence-electron chi connectivity index (χ2n) is 6.51. The topological polar surface area (TPSA) is 56.7 Å². The molecular formula is C19H32N4S. The van der Waals surface area contributed by atoms with Gasteiger partial charge in [0.2, 0.25) is 0 Å². The Morgan fingerprint density at radius 1 is 1.00 bits per heavy atom. The summed E-state index contributed by atoms with van der Waals surface area (Å²) in [5.74, 6) is 4.29. The van der Waals surface area contributed by atoms with Crippen LogP contribution in [0.25, 0.3) is 11.0 Å². The fourth-order valence-electron chi connectivity index (χ4n) is 3.02. The number of nitrogens with two attached hydrogens (primary N) is 1. The fourth-order valence-corrected chi connectivity index (χ4v) is 4.13. The van der Waals surface area contributed by atoms with Crippen molar-refractivity contribution in [2.24, 2.45) is 0 Å². The third kappa shape index (κ3) is 4.44. The van der Waals surface area contributed by atoms with Crippen molar-refractivity contribution in [2.75, 3.05) is 17.2 Å². The number of rotatable bonds is 10. The molecule has 0 atom stereocenters. The average molecular weight is 349 g/mol. The van der Waals surface area contributed by atoms with Crippen molar-refractivity contribution in [3.8, 4) is 0 Å². The first kappa shape index (κ1) is 19.1. The van der Waals surface area contributed by atoms with E-state index in [9.17, 15) is 0 Å². The summed E-state index contributed by atoms with van der Waals surface area (Å²) in [5, 5.41) is 0. The van der Waals surface area contributed by atoms with E-state index >= 15 is 0 Å². The van der Waals surface area contributed by atoms with Gasteiger partial charge < -0.3 is 10.3 Å². The van der Waals surface area contributed by atoms with E-state index in [0.29, 0.717) is 5.82 Å². The van der Waals surface area contributed by atoms with E-state index in [1.54, 1.807) is 0 Å². The summed E-state index contributed by atoms with van der Waals surface area (Å²) in [5.41, 5.74) is 10.4. The Morgan fingerprint density at radius 3 is 2.46 bits per heavy atom. The Labute approximate surface area is 150 Å². The smallest absolute Gasteiger partial charge is 0.151 e. The van der Waals surface area contributed by atoms with Crippen LogP contribution < -0.4 is 5.73 Å². The van der Waals surface area contributed by atoms with Gasteiger partial charge in [0, 0.05) is 18.7 Å². The predicted molar refractivity (Wildman–Crippen MR) is 107 cm³/mol. The molecule has 0 radical (unpaired) electrons. The average Bonchev–Trinajstić information content (AvgIpc) is 2.91. The van der Waals surface area contributed by atoms with Gasteiger partial charge in [-0.3, -0.25) is 0 Å². The van der Waals surface area contributed by atoms with Crippen LogP contribution in [0.2, 0.25) is 0 Å². The molecule has 134 valence electrons. The van der Waals surface area contributed by atoms with Crippen LogP contribution in [0, 0.1) is 13.8 Å². The quantitative estimate of drug-likeness (QED) is 0.621. The Bertz CT molecular complexity index is 663. The van der Waals surface area contributed by atoms with Gasteiger partial charge in [0.05, 0.1) is 5.52 Å². The van der Waals surface area contributed by atoms with Crippen molar-refractivity contribution in [1.82, 2.24) is 14.5 Å². The van der Waals surface area contributed by atoms with Gasteiger partial charge in [-0.25, -0.2) is 9.97 Å². The Morgan fingerprint density at radius 2 is 1.75 bits per heavy atom. The zero-order valence-corrected chi connectivity index (χ0v) is 16.5. The normalized spacial score (nSPS) is 11.5. The maximum absolute atomic E-state index is 6.14. The van der Waals surface area contributed by atoms with Gasteiger partial charge in [-0.05, 0) is 56.6 Å². The van der Waals surface area contributed by atoms with Crippen LogP contribution in [0.4, 0.5) is 5.82 Å². The SMILES string of the molecule is CCCCSCCCCn1c(CCC)nc2c(N)nc(C)c(C)c21. The molecule has 0 aromatic carbocycles. The van der Waals surface area contributed by atoms with Gasteiger partial charge >= 0.3 is 0 Å². The molecule has 0 aliphatic rings. The minimum absolute atomic E-state index is 0.569. The molecule has 0 unspecified atom stereocenters. The van der Waals surface area contributed by atoms with Crippen molar-refractivity contribution in [3.63, 3.8) is 0 Å². The van der Waals surface area contributed by atoms with Crippen molar-refractivity contribution in [2.45, 2.75) is 72.8 Å². The fraction of sp³-hybridized carbons (Fsp3) is 0.684. The third-order valence-corrected chi connectivity index (χ3v) is 5.67. The van der Waals surface area contributed by atoms with E-state index in [2.05, 4.69) is 42.1 Å². The zero-order valence-electron chi connectivity index (χ0n) is 15.7. The number of thioether (sulfide) groups is 1. The Hall–Kier alpha value is -1.23.